The molecule has 3 N–H and O–H groups in total. The first kappa shape index (κ1) is 16.1. The Balaban J connectivity index is 3.06. The lowest BCUT2D eigenvalue weighted by Gasteiger charge is -2.22. The van der Waals surface area contributed by atoms with Crippen LogP contribution in [-0.4, -0.2) is 19.1 Å². The van der Waals surface area contributed by atoms with Gasteiger partial charge in [0.1, 0.15) is 6.04 Å². The number of halogens is 3. The van der Waals surface area contributed by atoms with Gasteiger partial charge >= 0.3 is 12.1 Å². The molecule has 1 rings (SSSR count). The van der Waals surface area contributed by atoms with Gasteiger partial charge in [-0.25, -0.2) is 4.79 Å². The molecule has 20 heavy (non-hydrogen) atoms. The second-order valence-electron chi connectivity index (χ2n) is 4.69. The minimum absolute atomic E-state index is 0.144. The number of anilines is 2. The number of hydrogen-bond acceptors (Lipinski definition) is 4. The summed E-state index contributed by atoms with van der Waals surface area (Å²) in [5.41, 5.74) is 4.18. The lowest BCUT2D eigenvalue weighted by Crippen LogP contribution is -2.35. The molecule has 7 heteroatoms. The van der Waals surface area contributed by atoms with Crippen LogP contribution in [0.4, 0.5) is 24.5 Å². The van der Waals surface area contributed by atoms with Crippen molar-refractivity contribution >= 4 is 17.3 Å². The predicted octanol–water partition coefficient (Wildman–Crippen LogP) is 2.90. The highest BCUT2D eigenvalue weighted by Crippen LogP contribution is 2.35. The zero-order valence-corrected chi connectivity index (χ0v) is 11.4. The van der Waals surface area contributed by atoms with Gasteiger partial charge in [-0.2, -0.15) is 13.2 Å². The molecule has 0 aliphatic heterocycles. The van der Waals surface area contributed by atoms with E-state index in [9.17, 15) is 18.0 Å². The van der Waals surface area contributed by atoms with E-state index in [4.69, 9.17) is 5.73 Å². The maximum Gasteiger partial charge on any atom is 0.418 e. The Morgan fingerprint density at radius 2 is 1.95 bits per heavy atom. The van der Waals surface area contributed by atoms with E-state index in [1.54, 1.807) is 13.8 Å². The van der Waals surface area contributed by atoms with Gasteiger partial charge in [0.05, 0.1) is 12.7 Å². The lowest BCUT2D eigenvalue weighted by atomic mass is 10.0. The third-order valence-electron chi connectivity index (χ3n) is 2.80. The van der Waals surface area contributed by atoms with Crippen molar-refractivity contribution in [2.45, 2.75) is 26.1 Å². The fraction of sp³-hybridized carbons (Fsp3) is 0.462. The maximum atomic E-state index is 12.8. The van der Waals surface area contributed by atoms with Gasteiger partial charge in [-0.1, -0.05) is 13.8 Å². The molecule has 4 nitrogen and oxygen atoms in total. The topological polar surface area (TPSA) is 64.3 Å². The van der Waals surface area contributed by atoms with E-state index in [1.165, 1.54) is 13.2 Å². The van der Waals surface area contributed by atoms with Gasteiger partial charge in [0.15, 0.2) is 0 Å². The molecule has 1 aromatic carbocycles. The van der Waals surface area contributed by atoms with Crippen molar-refractivity contribution in [2.24, 2.45) is 5.92 Å². The number of alkyl halides is 3. The number of rotatable bonds is 4. The Labute approximate surface area is 115 Å². The summed E-state index contributed by atoms with van der Waals surface area (Å²) in [5.74, 6) is -0.681. The first-order valence-electron chi connectivity index (χ1n) is 5.98. The molecule has 0 amide bonds. The number of nitrogens with two attached hydrogens (primary N) is 1. The van der Waals surface area contributed by atoms with Gasteiger partial charge in [0.2, 0.25) is 0 Å². The summed E-state index contributed by atoms with van der Waals surface area (Å²) in [7, 11) is 1.23. The van der Waals surface area contributed by atoms with Crippen LogP contribution in [0.25, 0.3) is 0 Å². The van der Waals surface area contributed by atoms with E-state index in [0.717, 1.165) is 12.1 Å². The van der Waals surface area contributed by atoms with Crippen molar-refractivity contribution in [3.63, 3.8) is 0 Å². The van der Waals surface area contributed by atoms with Gasteiger partial charge in [0, 0.05) is 11.4 Å². The molecule has 0 aliphatic rings. The second-order valence-corrected chi connectivity index (χ2v) is 4.69. The minimum Gasteiger partial charge on any atom is -0.467 e. The molecule has 1 atom stereocenters. The van der Waals surface area contributed by atoms with E-state index in [0.29, 0.717) is 0 Å². The monoisotopic (exact) mass is 290 g/mol. The van der Waals surface area contributed by atoms with Crippen molar-refractivity contribution in [3.05, 3.63) is 23.8 Å². The molecule has 0 bridgehead atoms. The van der Waals surface area contributed by atoms with Crippen LogP contribution in [0, 0.1) is 5.92 Å². The third-order valence-corrected chi connectivity index (χ3v) is 2.80. The van der Waals surface area contributed by atoms with Crippen LogP contribution in [-0.2, 0) is 15.7 Å². The standard InChI is InChI=1S/C13H17F3N2O2/c1-7(2)11(12(19)20-3)18-8-4-5-10(17)9(6-8)13(14,15)16/h4-7,11,18H,17H2,1-3H3. The molecular formula is C13H17F3N2O2. The highest BCUT2D eigenvalue weighted by Gasteiger charge is 2.33. The van der Waals surface area contributed by atoms with E-state index in [1.807, 2.05) is 0 Å². The Bertz CT molecular complexity index is 487. The molecule has 0 spiro atoms. The predicted molar refractivity (Wildman–Crippen MR) is 70.1 cm³/mol. The fourth-order valence-electron chi connectivity index (χ4n) is 1.70. The van der Waals surface area contributed by atoms with E-state index in [2.05, 4.69) is 10.1 Å². The summed E-state index contributed by atoms with van der Waals surface area (Å²) < 4.78 is 42.9. The van der Waals surface area contributed by atoms with E-state index >= 15 is 0 Å². The van der Waals surface area contributed by atoms with Crippen molar-refractivity contribution in [1.82, 2.24) is 0 Å². The third kappa shape index (κ3) is 3.79. The fourth-order valence-corrected chi connectivity index (χ4v) is 1.70. The van der Waals surface area contributed by atoms with E-state index in [-0.39, 0.29) is 17.3 Å². The first-order valence-corrected chi connectivity index (χ1v) is 5.98. The normalized spacial score (nSPS) is 13.2. The van der Waals surface area contributed by atoms with Gasteiger partial charge in [-0.3, -0.25) is 0 Å². The minimum atomic E-state index is -4.54. The Kier molecular flexibility index (Phi) is 4.86. The number of hydrogen-bond donors (Lipinski definition) is 2. The van der Waals surface area contributed by atoms with Crippen LogP contribution in [0.3, 0.4) is 0 Å². The summed E-state index contributed by atoms with van der Waals surface area (Å²) in [6.07, 6.45) is -4.54. The molecular weight excluding hydrogens is 273 g/mol. The summed E-state index contributed by atoms with van der Waals surface area (Å²) >= 11 is 0. The molecule has 0 heterocycles. The Morgan fingerprint density at radius 1 is 1.35 bits per heavy atom. The van der Waals surface area contributed by atoms with Gasteiger partial charge in [0.25, 0.3) is 0 Å². The molecule has 0 aliphatic carbocycles. The number of nitrogens with one attached hydrogen (secondary N) is 1. The summed E-state index contributed by atoms with van der Waals surface area (Å²) in [6.45, 7) is 3.52. The number of nitrogen functional groups attached to an aromatic ring is 1. The van der Waals surface area contributed by atoms with Crippen molar-refractivity contribution in [3.8, 4) is 0 Å². The van der Waals surface area contributed by atoms with Crippen LogP contribution < -0.4 is 11.1 Å². The number of carbonyl (C=O) groups is 1. The number of carbonyl (C=O) groups excluding carboxylic acids is 1. The lowest BCUT2D eigenvalue weighted by molar-refractivity contribution is -0.142. The average molecular weight is 290 g/mol. The molecule has 0 radical (unpaired) electrons. The number of esters is 1. The molecule has 0 saturated carbocycles. The van der Waals surface area contributed by atoms with Crippen LogP contribution >= 0.6 is 0 Å². The molecule has 0 saturated heterocycles. The zero-order chi connectivity index (χ0) is 15.5. The van der Waals surface area contributed by atoms with Crippen molar-refractivity contribution in [1.29, 1.82) is 0 Å². The van der Waals surface area contributed by atoms with Gasteiger partial charge in [-0.05, 0) is 24.1 Å². The maximum absolute atomic E-state index is 12.8. The molecule has 112 valence electrons. The molecule has 1 aromatic rings. The van der Waals surface area contributed by atoms with E-state index < -0.39 is 23.8 Å². The summed E-state index contributed by atoms with van der Waals surface area (Å²) in [5, 5.41) is 2.74. The number of ether oxygens (including phenoxy) is 1. The summed E-state index contributed by atoms with van der Waals surface area (Å²) in [6, 6.07) is 2.70. The molecule has 0 aromatic heterocycles. The zero-order valence-electron chi connectivity index (χ0n) is 11.4. The van der Waals surface area contributed by atoms with Crippen LogP contribution in [0.5, 0.6) is 0 Å². The average Bonchev–Trinajstić information content (AvgIpc) is 2.35. The van der Waals surface area contributed by atoms with Gasteiger partial charge < -0.3 is 15.8 Å². The number of methoxy groups -OCH3 is 1. The summed E-state index contributed by atoms with van der Waals surface area (Å²) in [4.78, 5) is 11.6. The van der Waals surface area contributed by atoms with Crippen LogP contribution in [0.1, 0.15) is 19.4 Å². The molecule has 0 fully saturated rings. The van der Waals surface area contributed by atoms with Gasteiger partial charge in [-0.15, -0.1) is 0 Å². The van der Waals surface area contributed by atoms with Crippen LogP contribution in [0.15, 0.2) is 18.2 Å². The quantitative estimate of drug-likeness (QED) is 0.661. The molecule has 1 unspecified atom stereocenters. The highest BCUT2D eigenvalue weighted by atomic mass is 19.4. The van der Waals surface area contributed by atoms with Crippen LogP contribution in [0.2, 0.25) is 0 Å². The smallest absolute Gasteiger partial charge is 0.418 e. The highest BCUT2D eigenvalue weighted by molar-refractivity contribution is 5.79. The largest absolute Gasteiger partial charge is 0.467 e. The SMILES string of the molecule is COC(=O)C(Nc1ccc(N)c(C(F)(F)F)c1)C(C)C. The second kappa shape index (κ2) is 6.02. The number of benzene rings is 1. The van der Waals surface area contributed by atoms with Crippen molar-refractivity contribution in [2.75, 3.05) is 18.2 Å². The first-order chi connectivity index (χ1) is 9.16. The Hall–Kier alpha value is -1.92. The Morgan fingerprint density at radius 3 is 2.40 bits per heavy atom. The van der Waals surface area contributed by atoms with Crippen molar-refractivity contribution < 1.29 is 22.7 Å².